The fourth-order valence-electron chi connectivity index (χ4n) is 1.57. The van der Waals surface area contributed by atoms with Crippen molar-refractivity contribution in [2.24, 2.45) is 5.92 Å². The summed E-state index contributed by atoms with van der Waals surface area (Å²) in [6, 6.07) is 2.09. The van der Waals surface area contributed by atoms with Crippen molar-refractivity contribution in [3.05, 3.63) is 23.3 Å². The summed E-state index contributed by atoms with van der Waals surface area (Å²) in [5, 5.41) is 3.12. The summed E-state index contributed by atoms with van der Waals surface area (Å²) < 4.78 is 0. The minimum Gasteiger partial charge on any atom is -0.319 e. The maximum atomic E-state index is 4.56. The highest BCUT2D eigenvalue weighted by atomic mass is 14.9. The van der Waals surface area contributed by atoms with Gasteiger partial charge in [0.15, 0.2) is 0 Å². The van der Waals surface area contributed by atoms with Crippen LogP contribution in [0.2, 0.25) is 0 Å². The number of aryl methyl sites for hydroxylation is 1. The van der Waals surface area contributed by atoms with Gasteiger partial charge in [-0.3, -0.25) is 0 Å². The summed E-state index contributed by atoms with van der Waals surface area (Å²) in [6.07, 6.45) is 1.94. The van der Waals surface area contributed by atoms with Crippen LogP contribution in [0.1, 0.15) is 31.1 Å². The average molecular weight is 207 g/mol. The first-order chi connectivity index (χ1) is 7.11. The van der Waals surface area contributed by atoms with Gasteiger partial charge in [-0.05, 0) is 32.4 Å². The predicted octanol–water partition coefficient (Wildman–Crippen LogP) is 1.75. The van der Waals surface area contributed by atoms with E-state index in [1.807, 2.05) is 14.0 Å². The predicted molar refractivity (Wildman–Crippen MR) is 62.9 cm³/mol. The van der Waals surface area contributed by atoms with Gasteiger partial charge in [0.05, 0.1) is 0 Å². The van der Waals surface area contributed by atoms with Crippen LogP contribution in [0.15, 0.2) is 6.07 Å². The van der Waals surface area contributed by atoms with E-state index in [-0.39, 0.29) is 0 Å². The van der Waals surface area contributed by atoms with E-state index in [0.29, 0.717) is 5.92 Å². The molecule has 0 saturated carbocycles. The molecular formula is C12H21N3. The molecule has 1 aromatic rings. The maximum Gasteiger partial charge on any atom is 0.130 e. The zero-order valence-electron chi connectivity index (χ0n) is 10.2. The molecule has 0 aliphatic heterocycles. The van der Waals surface area contributed by atoms with Crippen LogP contribution in [0.4, 0.5) is 0 Å². The van der Waals surface area contributed by atoms with E-state index in [4.69, 9.17) is 0 Å². The molecule has 3 nitrogen and oxygen atoms in total. The number of hydrogen-bond acceptors (Lipinski definition) is 3. The third-order valence-electron chi connectivity index (χ3n) is 2.17. The Bertz CT molecular complexity index is 308. The molecule has 1 aromatic heterocycles. The lowest BCUT2D eigenvalue weighted by molar-refractivity contribution is 0.626. The van der Waals surface area contributed by atoms with Gasteiger partial charge >= 0.3 is 0 Å². The summed E-state index contributed by atoms with van der Waals surface area (Å²) in [5.41, 5.74) is 2.25. The van der Waals surface area contributed by atoms with Crippen molar-refractivity contribution in [3.63, 3.8) is 0 Å². The number of nitrogens with zero attached hydrogens (tertiary/aromatic N) is 2. The van der Waals surface area contributed by atoms with Gasteiger partial charge in [0.25, 0.3) is 0 Å². The van der Waals surface area contributed by atoms with Crippen LogP contribution >= 0.6 is 0 Å². The van der Waals surface area contributed by atoms with Gasteiger partial charge < -0.3 is 5.32 Å². The van der Waals surface area contributed by atoms with E-state index in [9.17, 15) is 0 Å². The summed E-state index contributed by atoms with van der Waals surface area (Å²) >= 11 is 0. The molecule has 84 valence electrons. The second kappa shape index (κ2) is 5.81. The fourth-order valence-corrected chi connectivity index (χ4v) is 1.57. The normalized spacial score (nSPS) is 11.0. The first-order valence-electron chi connectivity index (χ1n) is 5.60. The highest BCUT2D eigenvalue weighted by molar-refractivity contribution is 5.10. The molecule has 0 spiro atoms. The third kappa shape index (κ3) is 4.38. The fraction of sp³-hybridized carbons (Fsp3) is 0.667. The van der Waals surface area contributed by atoms with Crippen molar-refractivity contribution < 1.29 is 0 Å². The lowest BCUT2D eigenvalue weighted by Gasteiger charge is -2.07. The Morgan fingerprint density at radius 1 is 1.33 bits per heavy atom. The Morgan fingerprint density at radius 3 is 2.67 bits per heavy atom. The van der Waals surface area contributed by atoms with Gasteiger partial charge in [-0.15, -0.1) is 0 Å². The number of likely N-dealkylation sites (N-methyl/N-ethyl adjacent to an activating group) is 1. The SMILES string of the molecule is CNCCc1nc(C)cc(CC(C)C)n1. The molecular weight excluding hydrogens is 186 g/mol. The Morgan fingerprint density at radius 2 is 2.07 bits per heavy atom. The summed E-state index contributed by atoms with van der Waals surface area (Å²) in [7, 11) is 1.95. The molecule has 0 bridgehead atoms. The quantitative estimate of drug-likeness (QED) is 0.799. The Balaban J connectivity index is 2.75. The van der Waals surface area contributed by atoms with Gasteiger partial charge in [0, 0.05) is 24.4 Å². The number of rotatable bonds is 5. The van der Waals surface area contributed by atoms with Gasteiger partial charge in [-0.1, -0.05) is 13.8 Å². The van der Waals surface area contributed by atoms with Crippen molar-refractivity contribution in [2.45, 2.75) is 33.6 Å². The Labute approximate surface area is 92.3 Å². The van der Waals surface area contributed by atoms with Crippen LogP contribution in [-0.4, -0.2) is 23.6 Å². The van der Waals surface area contributed by atoms with E-state index < -0.39 is 0 Å². The largest absolute Gasteiger partial charge is 0.319 e. The van der Waals surface area contributed by atoms with Crippen molar-refractivity contribution in [1.29, 1.82) is 0 Å². The number of hydrogen-bond donors (Lipinski definition) is 1. The van der Waals surface area contributed by atoms with Crippen LogP contribution < -0.4 is 5.32 Å². The van der Waals surface area contributed by atoms with E-state index in [2.05, 4.69) is 35.2 Å². The van der Waals surface area contributed by atoms with E-state index in [1.54, 1.807) is 0 Å². The molecule has 0 aromatic carbocycles. The van der Waals surface area contributed by atoms with Crippen LogP contribution in [0.5, 0.6) is 0 Å². The van der Waals surface area contributed by atoms with Crippen LogP contribution in [0, 0.1) is 12.8 Å². The van der Waals surface area contributed by atoms with Crippen molar-refractivity contribution in [3.8, 4) is 0 Å². The Hall–Kier alpha value is -0.960. The number of aromatic nitrogens is 2. The molecule has 3 heteroatoms. The summed E-state index contributed by atoms with van der Waals surface area (Å²) in [4.78, 5) is 8.99. The molecule has 0 radical (unpaired) electrons. The van der Waals surface area contributed by atoms with Crippen LogP contribution in [0.3, 0.4) is 0 Å². The molecule has 0 atom stereocenters. The monoisotopic (exact) mass is 207 g/mol. The molecule has 1 N–H and O–H groups in total. The minimum atomic E-state index is 0.649. The van der Waals surface area contributed by atoms with Gasteiger partial charge in [0.1, 0.15) is 5.82 Å². The van der Waals surface area contributed by atoms with Gasteiger partial charge in [0.2, 0.25) is 0 Å². The molecule has 15 heavy (non-hydrogen) atoms. The van der Waals surface area contributed by atoms with Crippen molar-refractivity contribution in [2.75, 3.05) is 13.6 Å². The lowest BCUT2D eigenvalue weighted by Crippen LogP contribution is -2.13. The molecule has 0 unspecified atom stereocenters. The van der Waals surface area contributed by atoms with Gasteiger partial charge in [-0.2, -0.15) is 0 Å². The molecule has 0 amide bonds. The summed E-state index contributed by atoms with van der Waals surface area (Å²) in [5.74, 6) is 1.61. The highest BCUT2D eigenvalue weighted by Crippen LogP contribution is 2.07. The third-order valence-corrected chi connectivity index (χ3v) is 2.17. The maximum absolute atomic E-state index is 4.56. The molecule has 0 aliphatic rings. The first kappa shape index (κ1) is 12.1. The molecule has 0 aliphatic carbocycles. The first-order valence-corrected chi connectivity index (χ1v) is 5.60. The molecule has 0 saturated heterocycles. The molecule has 1 rings (SSSR count). The van der Waals surface area contributed by atoms with E-state index in [1.165, 1.54) is 5.69 Å². The topological polar surface area (TPSA) is 37.8 Å². The molecule has 0 fully saturated rings. The van der Waals surface area contributed by atoms with Crippen LogP contribution in [0.25, 0.3) is 0 Å². The zero-order valence-corrected chi connectivity index (χ0v) is 10.2. The van der Waals surface area contributed by atoms with Gasteiger partial charge in [-0.25, -0.2) is 9.97 Å². The van der Waals surface area contributed by atoms with Crippen molar-refractivity contribution >= 4 is 0 Å². The molecule has 1 heterocycles. The summed E-state index contributed by atoms with van der Waals surface area (Å²) in [6.45, 7) is 7.40. The van der Waals surface area contributed by atoms with Crippen LogP contribution in [-0.2, 0) is 12.8 Å². The van der Waals surface area contributed by atoms with E-state index in [0.717, 1.165) is 30.9 Å². The second-order valence-corrected chi connectivity index (χ2v) is 4.37. The number of nitrogens with one attached hydrogen (secondary N) is 1. The second-order valence-electron chi connectivity index (χ2n) is 4.37. The minimum absolute atomic E-state index is 0.649. The average Bonchev–Trinajstić information content (AvgIpc) is 2.12. The smallest absolute Gasteiger partial charge is 0.130 e. The highest BCUT2D eigenvalue weighted by Gasteiger charge is 2.04. The van der Waals surface area contributed by atoms with Crippen molar-refractivity contribution in [1.82, 2.24) is 15.3 Å². The standard InChI is InChI=1S/C12H21N3/c1-9(2)7-11-8-10(3)14-12(15-11)5-6-13-4/h8-9,13H,5-7H2,1-4H3. The Kier molecular flexibility index (Phi) is 4.69. The lowest BCUT2D eigenvalue weighted by atomic mass is 10.1. The van der Waals surface area contributed by atoms with E-state index >= 15 is 0 Å². The zero-order chi connectivity index (χ0) is 11.3.